The zero-order valence-electron chi connectivity index (χ0n) is 13.8. The third-order valence-corrected chi connectivity index (χ3v) is 4.65. The number of amides is 2. The topological polar surface area (TPSA) is 75.4 Å². The maximum Gasteiger partial charge on any atom is 0.240 e. The maximum absolute atomic E-state index is 12.5. The van der Waals surface area contributed by atoms with Crippen molar-refractivity contribution in [2.45, 2.75) is 50.7 Å². The van der Waals surface area contributed by atoms with Gasteiger partial charge in [-0.1, -0.05) is 37.1 Å². The number of likely N-dealkylation sites (tertiary alicyclic amines) is 1. The molecule has 3 atom stereocenters. The van der Waals surface area contributed by atoms with Gasteiger partial charge in [0.25, 0.3) is 0 Å². The Kier molecular flexibility index (Phi) is 5.32. The summed E-state index contributed by atoms with van der Waals surface area (Å²) in [6.07, 6.45) is 1.70. The molecule has 0 spiro atoms. The van der Waals surface area contributed by atoms with Gasteiger partial charge in [0.1, 0.15) is 0 Å². The van der Waals surface area contributed by atoms with E-state index in [1.807, 2.05) is 19.1 Å². The van der Waals surface area contributed by atoms with Crippen LogP contribution in [0.1, 0.15) is 44.7 Å². The molecule has 23 heavy (non-hydrogen) atoms. The van der Waals surface area contributed by atoms with Crippen molar-refractivity contribution < 1.29 is 9.59 Å². The molecule has 1 aromatic carbocycles. The summed E-state index contributed by atoms with van der Waals surface area (Å²) < 4.78 is 0. The molecule has 1 heterocycles. The largest absolute Gasteiger partial charge is 0.349 e. The van der Waals surface area contributed by atoms with Crippen molar-refractivity contribution in [1.82, 2.24) is 10.2 Å². The van der Waals surface area contributed by atoms with E-state index in [0.717, 1.165) is 12.0 Å². The molecule has 1 aliphatic rings. The van der Waals surface area contributed by atoms with Crippen LogP contribution >= 0.6 is 11.6 Å². The number of rotatable bonds is 5. The molecule has 3 unspecified atom stereocenters. The van der Waals surface area contributed by atoms with Gasteiger partial charge >= 0.3 is 0 Å². The normalized spacial score (nSPS) is 23.7. The number of likely N-dealkylation sites (N-methyl/N-ethyl adjacent to an activating group) is 1. The second-order valence-electron chi connectivity index (χ2n) is 6.45. The molecule has 6 heteroatoms. The first-order valence-electron chi connectivity index (χ1n) is 7.87. The van der Waals surface area contributed by atoms with E-state index in [9.17, 15) is 9.59 Å². The van der Waals surface area contributed by atoms with E-state index in [2.05, 4.69) is 5.32 Å². The quantitative estimate of drug-likeness (QED) is 0.865. The molecule has 0 aromatic heterocycles. The highest BCUT2D eigenvalue weighted by Crippen LogP contribution is 2.32. The van der Waals surface area contributed by atoms with E-state index in [1.54, 1.807) is 31.0 Å². The minimum Gasteiger partial charge on any atom is -0.349 e. The van der Waals surface area contributed by atoms with Gasteiger partial charge in [0, 0.05) is 18.5 Å². The number of hydrogen-bond acceptors (Lipinski definition) is 3. The zero-order chi connectivity index (χ0) is 17.2. The number of hydrogen-bond donors (Lipinski definition) is 2. The Balaban J connectivity index is 2.20. The van der Waals surface area contributed by atoms with Crippen molar-refractivity contribution in [2.24, 2.45) is 5.73 Å². The molecule has 0 saturated carbocycles. The van der Waals surface area contributed by atoms with Crippen LogP contribution < -0.4 is 11.1 Å². The second kappa shape index (κ2) is 6.89. The van der Waals surface area contributed by atoms with Gasteiger partial charge in [-0.25, -0.2) is 0 Å². The maximum atomic E-state index is 12.5. The van der Waals surface area contributed by atoms with Crippen molar-refractivity contribution >= 4 is 23.4 Å². The summed E-state index contributed by atoms with van der Waals surface area (Å²) in [6, 6.07) is 6.85. The predicted octanol–water partition coefficient (Wildman–Crippen LogP) is 2.25. The Labute approximate surface area is 142 Å². The average molecular weight is 338 g/mol. The van der Waals surface area contributed by atoms with Crippen molar-refractivity contribution in [3.63, 3.8) is 0 Å². The number of nitrogens with two attached hydrogens (primary N) is 1. The zero-order valence-corrected chi connectivity index (χ0v) is 14.6. The molecule has 0 bridgehead atoms. The Morgan fingerprint density at radius 1 is 1.43 bits per heavy atom. The highest BCUT2D eigenvalue weighted by Gasteiger charge is 2.41. The highest BCUT2D eigenvalue weighted by molar-refractivity contribution is 6.30. The molecule has 0 aliphatic carbocycles. The van der Waals surface area contributed by atoms with Gasteiger partial charge < -0.3 is 16.0 Å². The van der Waals surface area contributed by atoms with Crippen LogP contribution in [0.4, 0.5) is 0 Å². The van der Waals surface area contributed by atoms with Gasteiger partial charge in [0.15, 0.2) is 0 Å². The lowest BCUT2D eigenvalue weighted by atomic mass is 9.94. The van der Waals surface area contributed by atoms with Crippen LogP contribution in [0.25, 0.3) is 0 Å². The van der Waals surface area contributed by atoms with E-state index in [4.69, 9.17) is 17.3 Å². The fourth-order valence-electron chi connectivity index (χ4n) is 3.08. The lowest BCUT2D eigenvalue weighted by molar-refractivity contribution is -0.127. The van der Waals surface area contributed by atoms with Gasteiger partial charge in [-0.15, -0.1) is 0 Å². The third-order valence-electron chi connectivity index (χ3n) is 4.40. The van der Waals surface area contributed by atoms with Crippen LogP contribution in [-0.4, -0.2) is 35.3 Å². The van der Waals surface area contributed by atoms with Crippen molar-refractivity contribution in [3.05, 3.63) is 34.9 Å². The van der Waals surface area contributed by atoms with Gasteiger partial charge in [-0.05, 0) is 31.0 Å². The average Bonchev–Trinajstić information content (AvgIpc) is 2.75. The molecule has 2 amide bonds. The number of nitrogens with one attached hydrogen (secondary N) is 1. The van der Waals surface area contributed by atoms with Gasteiger partial charge in [0.05, 0.1) is 17.6 Å². The Morgan fingerprint density at radius 2 is 2.04 bits per heavy atom. The SMILES string of the molecule is CCCC(C)(N)C(=O)NC1CC(=O)N(C)C1c1ccc(Cl)cc1. The summed E-state index contributed by atoms with van der Waals surface area (Å²) >= 11 is 5.93. The summed E-state index contributed by atoms with van der Waals surface area (Å²) in [5.74, 6) is -0.212. The van der Waals surface area contributed by atoms with E-state index in [-0.39, 0.29) is 30.3 Å². The van der Waals surface area contributed by atoms with Gasteiger partial charge in [0.2, 0.25) is 11.8 Å². The minimum absolute atomic E-state index is 0.00414. The first-order chi connectivity index (χ1) is 10.8. The molecule has 3 N–H and O–H groups in total. The van der Waals surface area contributed by atoms with Gasteiger partial charge in [-0.2, -0.15) is 0 Å². The smallest absolute Gasteiger partial charge is 0.240 e. The lowest BCUT2D eigenvalue weighted by Gasteiger charge is -2.29. The highest BCUT2D eigenvalue weighted by atomic mass is 35.5. The standard InChI is InChI=1S/C17H24ClN3O2/c1-4-9-17(2,19)16(23)20-13-10-14(22)21(3)15(13)11-5-7-12(18)8-6-11/h5-8,13,15H,4,9-10,19H2,1-3H3,(H,20,23). The first kappa shape index (κ1) is 17.8. The van der Waals surface area contributed by atoms with Crippen LogP contribution in [0.3, 0.4) is 0 Å². The molecule has 126 valence electrons. The molecular formula is C17H24ClN3O2. The first-order valence-corrected chi connectivity index (χ1v) is 8.25. The second-order valence-corrected chi connectivity index (χ2v) is 6.89. The summed E-state index contributed by atoms with van der Waals surface area (Å²) in [5.41, 5.74) is 6.11. The number of carbonyl (C=O) groups excluding carboxylic acids is 2. The third kappa shape index (κ3) is 3.85. The number of benzene rings is 1. The monoisotopic (exact) mass is 337 g/mol. The molecule has 0 radical (unpaired) electrons. The fraction of sp³-hybridized carbons (Fsp3) is 0.529. The van der Waals surface area contributed by atoms with Crippen LogP contribution in [0.2, 0.25) is 5.02 Å². The van der Waals surface area contributed by atoms with Crippen LogP contribution in [0.5, 0.6) is 0 Å². The molecular weight excluding hydrogens is 314 g/mol. The number of carbonyl (C=O) groups is 2. The molecule has 1 fully saturated rings. The Hall–Kier alpha value is -1.59. The molecule has 1 saturated heterocycles. The van der Waals surface area contributed by atoms with Crippen LogP contribution in [-0.2, 0) is 9.59 Å². The predicted molar refractivity (Wildman–Crippen MR) is 91.0 cm³/mol. The van der Waals surface area contributed by atoms with E-state index in [0.29, 0.717) is 11.4 Å². The van der Waals surface area contributed by atoms with E-state index < -0.39 is 5.54 Å². The number of nitrogens with zero attached hydrogens (tertiary/aromatic N) is 1. The summed E-state index contributed by atoms with van der Waals surface area (Å²) in [5, 5.41) is 3.61. The summed E-state index contributed by atoms with van der Waals surface area (Å²) in [7, 11) is 1.75. The minimum atomic E-state index is -0.927. The van der Waals surface area contributed by atoms with Gasteiger partial charge in [-0.3, -0.25) is 9.59 Å². The van der Waals surface area contributed by atoms with E-state index >= 15 is 0 Å². The fourth-order valence-corrected chi connectivity index (χ4v) is 3.21. The lowest BCUT2D eigenvalue weighted by Crippen LogP contribution is -2.54. The molecule has 1 aromatic rings. The van der Waals surface area contributed by atoms with Crippen molar-refractivity contribution in [3.8, 4) is 0 Å². The summed E-state index contributed by atoms with van der Waals surface area (Å²) in [6.45, 7) is 3.71. The number of halogens is 1. The molecule has 2 rings (SSSR count). The van der Waals surface area contributed by atoms with Crippen LogP contribution in [0.15, 0.2) is 24.3 Å². The van der Waals surface area contributed by atoms with Crippen LogP contribution in [0, 0.1) is 0 Å². The molecule has 1 aliphatic heterocycles. The Morgan fingerprint density at radius 3 is 2.61 bits per heavy atom. The van der Waals surface area contributed by atoms with E-state index in [1.165, 1.54) is 0 Å². The molecule has 5 nitrogen and oxygen atoms in total. The van der Waals surface area contributed by atoms with Crippen molar-refractivity contribution in [2.75, 3.05) is 7.05 Å². The Bertz CT molecular complexity index is 586. The van der Waals surface area contributed by atoms with Crippen molar-refractivity contribution in [1.29, 1.82) is 0 Å². The summed E-state index contributed by atoms with van der Waals surface area (Å²) in [4.78, 5) is 26.2.